The molecule has 1 aromatic heterocycles. The molecule has 1 aliphatic heterocycles. The molecule has 0 bridgehead atoms. The van der Waals surface area contributed by atoms with Gasteiger partial charge in [-0.2, -0.15) is 0 Å². The van der Waals surface area contributed by atoms with Gasteiger partial charge in [0.2, 0.25) is 5.91 Å². The number of fused-ring (bicyclic) bond motifs is 2. The molecule has 0 atom stereocenters. The number of nitrogens with one attached hydrogen (secondary N) is 3. The predicted molar refractivity (Wildman–Crippen MR) is 108 cm³/mol. The van der Waals surface area contributed by atoms with Crippen molar-refractivity contribution in [3.63, 3.8) is 0 Å². The summed E-state index contributed by atoms with van der Waals surface area (Å²) in [7, 11) is 0. The minimum Gasteiger partial charge on any atom is -0.457 e. The first-order chi connectivity index (χ1) is 14.1. The molecule has 0 saturated heterocycles. The summed E-state index contributed by atoms with van der Waals surface area (Å²) >= 11 is 5.14. The number of carbonyl (C=O) groups excluding carboxylic acids is 2. The third-order valence-corrected chi connectivity index (χ3v) is 4.47. The summed E-state index contributed by atoms with van der Waals surface area (Å²) in [4.78, 5) is 32.7. The van der Waals surface area contributed by atoms with E-state index in [1.807, 2.05) is 48.5 Å². The maximum absolute atomic E-state index is 13.0. The molecule has 4 rings (SSSR count). The van der Waals surface area contributed by atoms with Gasteiger partial charge < -0.3 is 10.1 Å². The number of hydrogen-bond donors (Lipinski definition) is 3. The van der Waals surface area contributed by atoms with Gasteiger partial charge in [0.15, 0.2) is 5.11 Å². The Labute approximate surface area is 171 Å². The van der Waals surface area contributed by atoms with E-state index < -0.39 is 11.8 Å². The number of carbonyl (C=O) groups is 2. The second kappa shape index (κ2) is 8.03. The Morgan fingerprint density at radius 3 is 2.21 bits per heavy atom. The lowest BCUT2D eigenvalue weighted by molar-refractivity contribution is -0.120. The molecule has 2 heterocycles. The van der Waals surface area contributed by atoms with Crippen molar-refractivity contribution >= 4 is 29.1 Å². The largest absolute Gasteiger partial charge is 0.457 e. The Morgan fingerprint density at radius 1 is 0.931 bits per heavy atom. The normalized spacial score (nSPS) is 12.0. The van der Waals surface area contributed by atoms with Gasteiger partial charge in [-0.05, 0) is 24.4 Å². The van der Waals surface area contributed by atoms with Gasteiger partial charge in [0.1, 0.15) is 17.2 Å². The summed E-state index contributed by atoms with van der Waals surface area (Å²) in [5.41, 5.74) is 6.45. The first-order valence-corrected chi connectivity index (χ1v) is 9.07. The minimum atomic E-state index is -0.605. The van der Waals surface area contributed by atoms with E-state index >= 15 is 0 Å². The van der Waals surface area contributed by atoms with Crippen LogP contribution in [0.2, 0.25) is 0 Å². The van der Waals surface area contributed by atoms with Gasteiger partial charge in [-0.25, -0.2) is 4.98 Å². The molecule has 0 saturated carbocycles. The number of hydrogen-bond acceptors (Lipinski definition) is 6. The quantitative estimate of drug-likeness (QED) is 0.443. The van der Waals surface area contributed by atoms with Crippen molar-refractivity contribution in [3.8, 4) is 11.5 Å². The second-order valence-corrected chi connectivity index (χ2v) is 6.51. The van der Waals surface area contributed by atoms with Crippen LogP contribution in [0.5, 0.6) is 11.5 Å². The zero-order chi connectivity index (χ0) is 20.2. The van der Waals surface area contributed by atoms with Crippen molar-refractivity contribution in [1.82, 2.24) is 26.1 Å². The van der Waals surface area contributed by atoms with Crippen molar-refractivity contribution in [2.75, 3.05) is 0 Å². The number of aromatic nitrogens is 2. The number of amides is 2. The molecule has 0 radical (unpaired) electrons. The van der Waals surface area contributed by atoms with Gasteiger partial charge in [0.25, 0.3) is 5.91 Å². The molecule has 1 aliphatic rings. The molecule has 2 aromatic carbocycles. The predicted octanol–water partition coefficient (Wildman–Crippen LogP) is 2.05. The Kier molecular flexibility index (Phi) is 5.12. The molecule has 144 valence electrons. The van der Waals surface area contributed by atoms with Crippen molar-refractivity contribution in [2.24, 2.45) is 0 Å². The summed E-state index contributed by atoms with van der Waals surface area (Å²) in [6, 6.07) is 14.7. The number of para-hydroxylation sites is 2. The lowest BCUT2D eigenvalue weighted by Gasteiger charge is -2.27. The Balaban J connectivity index is 1.47. The van der Waals surface area contributed by atoms with Crippen LogP contribution in [-0.2, 0) is 4.79 Å². The molecule has 8 nitrogen and oxygen atoms in total. The van der Waals surface area contributed by atoms with Gasteiger partial charge in [-0.3, -0.25) is 25.4 Å². The highest BCUT2D eigenvalue weighted by molar-refractivity contribution is 7.80. The lowest BCUT2D eigenvalue weighted by atomic mass is 9.87. The molecule has 3 N–H and O–H groups in total. The van der Waals surface area contributed by atoms with Crippen LogP contribution >= 0.6 is 12.2 Å². The monoisotopic (exact) mass is 405 g/mol. The zero-order valence-electron chi connectivity index (χ0n) is 15.0. The van der Waals surface area contributed by atoms with Gasteiger partial charge >= 0.3 is 0 Å². The number of ether oxygens (including phenoxy) is 1. The van der Waals surface area contributed by atoms with Crippen molar-refractivity contribution in [2.45, 2.75) is 5.92 Å². The van der Waals surface area contributed by atoms with Crippen molar-refractivity contribution < 1.29 is 14.3 Å². The van der Waals surface area contributed by atoms with Gasteiger partial charge in [0, 0.05) is 23.5 Å². The third kappa shape index (κ3) is 3.90. The standard InChI is InChI=1S/C20H15N5O3S/c26-18(14-11-21-9-10-22-14)24-25-20(29)23-19(27)17-12-5-1-3-7-15(12)28-16-8-4-2-6-13(16)17/h1-11,17H,(H,24,26)(H2,23,25,27,29). The van der Waals surface area contributed by atoms with E-state index in [1.165, 1.54) is 18.6 Å². The van der Waals surface area contributed by atoms with E-state index in [1.54, 1.807) is 0 Å². The van der Waals surface area contributed by atoms with E-state index in [9.17, 15) is 9.59 Å². The van der Waals surface area contributed by atoms with Crippen LogP contribution in [0.3, 0.4) is 0 Å². The summed E-state index contributed by atoms with van der Waals surface area (Å²) in [6.07, 6.45) is 4.17. The van der Waals surface area contributed by atoms with Crippen LogP contribution in [0.25, 0.3) is 0 Å². The Hall–Kier alpha value is -3.85. The van der Waals surface area contributed by atoms with Gasteiger partial charge in [-0.15, -0.1) is 0 Å². The summed E-state index contributed by atoms with van der Waals surface area (Å²) in [5, 5.41) is 2.57. The Bertz CT molecular complexity index is 1040. The van der Waals surface area contributed by atoms with E-state index in [-0.39, 0.29) is 16.7 Å². The molecule has 9 heteroatoms. The highest BCUT2D eigenvalue weighted by Gasteiger charge is 2.32. The lowest BCUT2D eigenvalue weighted by Crippen LogP contribution is -2.49. The number of benzene rings is 2. The van der Waals surface area contributed by atoms with Crippen molar-refractivity contribution in [1.29, 1.82) is 0 Å². The first-order valence-electron chi connectivity index (χ1n) is 8.66. The maximum Gasteiger partial charge on any atom is 0.289 e. The smallest absolute Gasteiger partial charge is 0.289 e. The summed E-state index contributed by atoms with van der Waals surface area (Å²) in [6.45, 7) is 0. The SMILES string of the molecule is O=C(NNC(=S)NC(=O)C1c2ccccc2Oc2ccccc21)c1cnccn1. The van der Waals surface area contributed by atoms with Crippen molar-refractivity contribution in [3.05, 3.63) is 83.9 Å². The van der Waals surface area contributed by atoms with Crippen LogP contribution < -0.4 is 20.9 Å². The molecule has 0 spiro atoms. The maximum atomic E-state index is 13.0. The van der Waals surface area contributed by atoms with Crippen LogP contribution in [0, 0.1) is 0 Å². The fourth-order valence-electron chi connectivity index (χ4n) is 3.00. The first kappa shape index (κ1) is 18.5. The topological polar surface area (TPSA) is 105 Å². The highest BCUT2D eigenvalue weighted by Crippen LogP contribution is 2.43. The molecule has 2 amide bonds. The highest BCUT2D eigenvalue weighted by atomic mass is 32.1. The van der Waals surface area contributed by atoms with E-state index in [0.717, 1.165) is 11.1 Å². The third-order valence-electron chi connectivity index (χ3n) is 4.26. The van der Waals surface area contributed by atoms with E-state index in [2.05, 4.69) is 26.1 Å². The fraction of sp³-hybridized carbons (Fsp3) is 0.0500. The van der Waals surface area contributed by atoms with Crippen LogP contribution in [0.4, 0.5) is 0 Å². The molecule has 0 fully saturated rings. The summed E-state index contributed by atoms with van der Waals surface area (Å²) in [5.74, 6) is -0.259. The van der Waals surface area contributed by atoms with Gasteiger partial charge in [0.05, 0.1) is 12.1 Å². The number of hydrazine groups is 1. The van der Waals surface area contributed by atoms with E-state index in [4.69, 9.17) is 17.0 Å². The molecule has 29 heavy (non-hydrogen) atoms. The Morgan fingerprint density at radius 2 is 1.59 bits per heavy atom. The second-order valence-electron chi connectivity index (χ2n) is 6.10. The van der Waals surface area contributed by atoms with Gasteiger partial charge in [-0.1, -0.05) is 36.4 Å². The molecule has 0 aliphatic carbocycles. The molecular weight excluding hydrogens is 390 g/mol. The van der Waals surface area contributed by atoms with Crippen LogP contribution in [0.1, 0.15) is 27.5 Å². The molecular formula is C20H15N5O3S. The average molecular weight is 405 g/mol. The minimum absolute atomic E-state index is 0.0475. The zero-order valence-corrected chi connectivity index (χ0v) is 15.8. The van der Waals surface area contributed by atoms with E-state index in [0.29, 0.717) is 11.5 Å². The summed E-state index contributed by atoms with van der Waals surface area (Å²) < 4.78 is 5.89. The number of rotatable bonds is 2. The fourth-order valence-corrected chi connectivity index (χ4v) is 3.15. The number of nitrogens with zero attached hydrogens (tertiary/aromatic N) is 2. The van der Waals surface area contributed by atoms with Crippen LogP contribution in [-0.4, -0.2) is 26.9 Å². The molecule has 3 aromatic rings. The van der Waals surface area contributed by atoms with Crippen LogP contribution in [0.15, 0.2) is 67.1 Å². The average Bonchev–Trinajstić information content (AvgIpc) is 2.76. The molecule has 0 unspecified atom stereocenters. The number of thiocarbonyl (C=S) groups is 1.